The first-order chi connectivity index (χ1) is 26.3. The van der Waals surface area contributed by atoms with E-state index in [4.69, 9.17) is 5.11 Å². The maximum Gasteiger partial charge on any atom is 0.263 e. The Morgan fingerprint density at radius 1 is 0.481 bits per heavy atom. The van der Waals surface area contributed by atoms with Crippen molar-refractivity contribution in [3.8, 4) is 44.5 Å². The van der Waals surface area contributed by atoms with Crippen LogP contribution in [0.5, 0.6) is 0 Å². The van der Waals surface area contributed by atoms with Crippen LogP contribution in [0.15, 0.2) is 167 Å². The predicted octanol–water partition coefficient (Wildman–Crippen LogP) is 11.0. The maximum absolute atomic E-state index is 14.1. The molecule has 1 N–H and O–H groups in total. The molecule has 10 rings (SSSR count). The molecule has 0 unspecified atom stereocenters. The standard InChI is InChI=1S/C45H29NO3S.C2H4.CH4O/c1-26-9-3-4-10-32(26)33-18-15-28(21-27(33)2)31-23-39-34-11-5-6-13-37(34)45(47)46-41-20-17-29(22-38(41)40(24-31)44(39)46)30-16-19-36-35-12-7-8-14-42(35)50(48,49)43(36)25-30;2*1-2/h3-25H,1-2H3;1-2H2;2H,1H3. The zero-order valence-corrected chi connectivity index (χ0v) is 31.0. The van der Waals surface area contributed by atoms with Crippen molar-refractivity contribution in [2.24, 2.45) is 0 Å². The summed E-state index contributed by atoms with van der Waals surface area (Å²) in [7, 11) is -2.62. The highest BCUT2D eigenvalue weighted by atomic mass is 32.2. The molecule has 264 valence electrons. The molecule has 0 amide bonds. The summed E-state index contributed by atoms with van der Waals surface area (Å²) in [6.07, 6.45) is 0. The number of aromatic nitrogens is 1. The summed E-state index contributed by atoms with van der Waals surface area (Å²) in [6.45, 7) is 10.3. The first-order valence-corrected chi connectivity index (χ1v) is 19.1. The van der Waals surface area contributed by atoms with E-state index in [2.05, 4.69) is 87.7 Å². The number of pyridine rings is 1. The van der Waals surface area contributed by atoms with Gasteiger partial charge in [0.2, 0.25) is 9.84 Å². The summed E-state index contributed by atoms with van der Waals surface area (Å²) in [5.41, 5.74) is 11.9. The van der Waals surface area contributed by atoms with E-state index in [1.54, 1.807) is 18.2 Å². The van der Waals surface area contributed by atoms with Crippen LogP contribution in [-0.4, -0.2) is 25.0 Å². The van der Waals surface area contributed by atoms with Gasteiger partial charge >= 0.3 is 0 Å². The Kier molecular flexibility index (Phi) is 8.53. The van der Waals surface area contributed by atoms with Crippen molar-refractivity contribution in [3.05, 3.63) is 174 Å². The Morgan fingerprint density at radius 3 is 1.72 bits per heavy atom. The van der Waals surface area contributed by atoms with Crippen molar-refractivity contribution in [2.45, 2.75) is 23.6 Å². The number of aryl methyl sites for hydroxylation is 2. The van der Waals surface area contributed by atoms with Crippen LogP contribution in [0.1, 0.15) is 11.1 Å². The third-order valence-electron chi connectivity index (χ3n) is 10.6. The second-order valence-corrected chi connectivity index (χ2v) is 15.3. The zero-order chi connectivity index (χ0) is 37.9. The number of hydrogen-bond acceptors (Lipinski definition) is 4. The Bertz CT molecular complexity index is 3120. The van der Waals surface area contributed by atoms with E-state index in [0.29, 0.717) is 15.2 Å². The SMILES string of the molecule is C=C.CO.Cc1ccccc1-c1ccc(-c2cc3c4ccccc4c(=O)n4c5ccc(-c6ccc7c(c6)S(=O)(=O)c6ccccc6-7)cc5c(c2)c34)cc1C. The predicted molar refractivity (Wildman–Crippen MR) is 223 cm³/mol. The lowest BCUT2D eigenvalue weighted by Gasteiger charge is -2.13. The summed E-state index contributed by atoms with van der Waals surface area (Å²) in [5.74, 6) is 0. The zero-order valence-electron chi connectivity index (χ0n) is 30.2. The van der Waals surface area contributed by atoms with Gasteiger partial charge in [-0.25, -0.2) is 8.42 Å². The van der Waals surface area contributed by atoms with Crippen molar-refractivity contribution in [3.63, 3.8) is 0 Å². The molecule has 1 aliphatic heterocycles. The molecule has 7 aromatic carbocycles. The van der Waals surface area contributed by atoms with Gasteiger partial charge in [0.25, 0.3) is 5.56 Å². The van der Waals surface area contributed by atoms with Crippen LogP contribution in [0.2, 0.25) is 0 Å². The van der Waals surface area contributed by atoms with E-state index in [-0.39, 0.29) is 5.56 Å². The highest BCUT2D eigenvalue weighted by molar-refractivity contribution is 7.92. The molecule has 5 nitrogen and oxygen atoms in total. The third kappa shape index (κ3) is 5.10. The number of hydrogen-bond donors (Lipinski definition) is 1. The highest BCUT2D eigenvalue weighted by Crippen LogP contribution is 2.45. The second kappa shape index (κ2) is 13.3. The molecule has 0 spiro atoms. The Balaban J connectivity index is 0.00000100. The number of aliphatic hydroxyl groups excluding tert-OH is 1. The van der Waals surface area contributed by atoms with Gasteiger partial charge in [0.05, 0.1) is 20.8 Å². The molecular weight excluding hydrogens is 687 g/mol. The highest BCUT2D eigenvalue weighted by Gasteiger charge is 2.32. The number of aliphatic hydroxyl groups is 1. The van der Waals surface area contributed by atoms with Crippen molar-refractivity contribution in [1.82, 2.24) is 4.40 Å². The normalized spacial score (nSPS) is 12.6. The topological polar surface area (TPSA) is 75.8 Å². The lowest BCUT2D eigenvalue weighted by atomic mass is 9.92. The molecule has 6 heteroatoms. The van der Waals surface area contributed by atoms with Crippen LogP contribution < -0.4 is 5.56 Å². The molecule has 0 radical (unpaired) electrons. The average Bonchev–Trinajstić information content (AvgIpc) is 3.67. The Labute approximate surface area is 314 Å². The van der Waals surface area contributed by atoms with Crippen LogP contribution in [0.3, 0.4) is 0 Å². The fraction of sp³-hybridized carbons (Fsp3) is 0.0625. The van der Waals surface area contributed by atoms with Gasteiger partial charge in [0.1, 0.15) is 0 Å². The van der Waals surface area contributed by atoms with Gasteiger partial charge in [0.15, 0.2) is 0 Å². The molecule has 0 saturated heterocycles. The third-order valence-corrected chi connectivity index (χ3v) is 12.4. The lowest BCUT2D eigenvalue weighted by Crippen LogP contribution is -2.12. The van der Waals surface area contributed by atoms with Gasteiger partial charge in [-0.1, -0.05) is 97.1 Å². The van der Waals surface area contributed by atoms with Crippen molar-refractivity contribution < 1.29 is 13.5 Å². The average molecular weight is 724 g/mol. The van der Waals surface area contributed by atoms with Crippen LogP contribution in [-0.2, 0) is 9.84 Å². The van der Waals surface area contributed by atoms with Crippen LogP contribution in [0, 0.1) is 13.8 Å². The minimum absolute atomic E-state index is 0.0478. The molecule has 9 aromatic rings. The van der Waals surface area contributed by atoms with E-state index >= 15 is 0 Å². The molecule has 1 aliphatic rings. The van der Waals surface area contributed by atoms with Crippen LogP contribution >= 0.6 is 0 Å². The van der Waals surface area contributed by atoms with Gasteiger partial charge in [-0.05, 0) is 106 Å². The molecule has 2 aromatic heterocycles. The molecular formula is C48H37NO4S. The molecule has 0 atom stereocenters. The fourth-order valence-corrected chi connectivity index (χ4v) is 9.86. The summed E-state index contributed by atoms with van der Waals surface area (Å²) in [5, 5.41) is 11.6. The lowest BCUT2D eigenvalue weighted by molar-refractivity contribution is 0.399. The summed E-state index contributed by atoms with van der Waals surface area (Å²) < 4.78 is 29.0. The summed E-state index contributed by atoms with van der Waals surface area (Å²) in [6, 6.07) is 46.3. The van der Waals surface area contributed by atoms with Crippen molar-refractivity contribution >= 4 is 47.8 Å². The number of rotatable bonds is 3. The molecule has 0 fully saturated rings. The van der Waals surface area contributed by atoms with E-state index in [1.165, 1.54) is 22.3 Å². The molecule has 0 saturated carbocycles. The first-order valence-electron chi connectivity index (χ1n) is 17.7. The van der Waals surface area contributed by atoms with E-state index < -0.39 is 9.84 Å². The minimum atomic E-state index is -3.62. The quantitative estimate of drug-likeness (QED) is 0.145. The monoisotopic (exact) mass is 723 g/mol. The molecule has 54 heavy (non-hydrogen) atoms. The van der Waals surface area contributed by atoms with E-state index in [1.807, 2.05) is 65.1 Å². The minimum Gasteiger partial charge on any atom is -0.400 e. The number of fused-ring (bicyclic) bond motifs is 8. The van der Waals surface area contributed by atoms with Gasteiger partial charge in [-0.15, -0.1) is 13.2 Å². The second-order valence-electron chi connectivity index (χ2n) is 13.4. The molecule has 0 aliphatic carbocycles. The van der Waals surface area contributed by atoms with Gasteiger partial charge in [-0.3, -0.25) is 9.20 Å². The molecule has 3 heterocycles. The maximum atomic E-state index is 14.1. The van der Waals surface area contributed by atoms with Gasteiger partial charge < -0.3 is 5.11 Å². The number of benzene rings is 7. The van der Waals surface area contributed by atoms with Gasteiger partial charge in [-0.2, -0.15) is 0 Å². The Hall–Kier alpha value is -6.34. The van der Waals surface area contributed by atoms with Crippen LogP contribution in [0.25, 0.3) is 82.5 Å². The number of sulfone groups is 1. The smallest absolute Gasteiger partial charge is 0.263 e. The number of nitrogens with zero attached hydrogens (tertiary/aromatic N) is 1. The Morgan fingerprint density at radius 2 is 1.00 bits per heavy atom. The van der Waals surface area contributed by atoms with Gasteiger partial charge in [0, 0.05) is 39.8 Å². The van der Waals surface area contributed by atoms with E-state index in [9.17, 15) is 13.2 Å². The van der Waals surface area contributed by atoms with E-state index in [0.717, 1.165) is 73.1 Å². The largest absolute Gasteiger partial charge is 0.400 e. The van der Waals surface area contributed by atoms with Crippen LogP contribution in [0.4, 0.5) is 0 Å². The molecule has 0 bridgehead atoms. The van der Waals surface area contributed by atoms with Crippen molar-refractivity contribution in [1.29, 1.82) is 0 Å². The summed E-state index contributed by atoms with van der Waals surface area (Å²) >= 11 is 0. The summed E-state index contributed by atoms with van der Waals surface area (Å²) in [4.78, 5) is 14.8. The van der Waals surface area contributed by atoms with Crippen molar-refractivity contribution in [2.75, 3.05) is 7.11 Å². The fourth-order valence-electron chi connectivity index (χ4n) is 8.14. The first kappa shape index (κ1) is 34.7.